The van der Waals surface area contributed by atoms with Gasteiger partial charge in [0.1, 0.15) is 10.6 Å². The number of benzene rings is 1. The van der Waals surface area contributed by atoms with Crippen molar-refractivity contribution in [2.24, 2.45) is 0 Å². The van der Waals surface area contributed by atoms with Crippen LogP contribution in [0.25, 0.3) is 0 Å². The molecule has 0 bridgehead atoms. The van der Waals surface area contributed by atoms with Gasteiger partial charge in [0.2, 0.25) is 0 Å². The van der Waals surface area contributed by atoms with Crippen molar-refractivity contribution in [3.63, 3.8) is 0 Å². The molecule has 0 atom stereocenters. The summed E-state index contributed by atoms with van der Waals surface area (Å²) in [7, 11) is 0. The van der Waals surface area contributed by atoms with E-state index in [-0.39, 0.29) is 5.75 Å². The number of hydrogen-bond donors (Lipinski definition) is 2. The highest BCUT2D eigenvalue weighted by Gasteiger charge is 2.11. The molecule has 1 aromatic heterocycles. The van der Waals surface area contributed by atoms with Gasteiger partial charge in [0.25, 0.3) is 0 Å². The van der Waals surface area contributed by atoms with Crippen LogP contribution in [-0.2, 0) is 5.75 Å². The van der Waals surface area contributed by atoms with Gasteiger partial charge in [0.05, 0.1) is 0 Å². The Hall–Kier alpha value is -1.46. The minimum Gasteiger partial charge on any atom is -0.508 e. The minimum absolute atomic E-state index is 0.221. The average molecular weight is 266 g/mol. The van der Waals surface area contributed by atoms with E-state index in [1.807, 2.05) is 12.1 Å². The fraction of sp³-hybridized carbons (Fsp3) is 0.0833. The van der Waals surface area contributed by atoms with E-state index in [0.29, 0.717) is 10.6 Å². The van der Waals surface area contributed by atoms with Crippen molar-refractivity contribution < 1.29 is 15.0 Å². The molecular formula is C12H10O3S2. The van der Waals surface area contributed by atoms with E-state index in [0.717, 1.165) is 10.5 Å². The molecule has 0 saturated heterocycles. The van der Waals surface area contributed by atoms with Gasteiger partial charge in [-0.1, -0.05) is 6.07 Å². The minimum atomic E-state index is -0.883. The fourth-order valence-corrected chi connectivity index (χ4v) is 3.17. The normalized spacial score (nSPS) is 10.4. The lowest BCUT2D eigenvalue weighted by molar-refractivity contribution is 0.0701. The van der Waals surface area contributed by atoms with E-state index in [4.69, 9.17) is 5.11 Å². The van der Waals surface area contributed by atoms with Gasteiger partial charge < -0.3 is 10.2 Å². The second-order valence-electron chi connectivity index (χ2n) is 3.37. The number of thioether (sulfide) groups is 1. The van der Waals surface area contributed by atoms with E-state index in [2.05, 4.69) is 0 Å². The Morgan fingerprint density at radius 1 is 1.35 bits per heavy atom. The van der Waals surface area contributed by atoms with Gasteiger partial charge in [-0.2, -0.15) is 0 Å². The van der Waals surface area contributed by atoms with Crippen molar-refractivity contribution in [3.05, 3.63) is 46.2 Å². The highest BCUT2D eigenvalue weighted by Crippen LogP contribution is 2.28. The molecule has 0 spiro atoms. The Morgan fingerprint density at radius 3 is 2.88 bits per heavy atom. The molecule has 0 aliphatic carbocycles. The number of thiophene rings is 1. The number of carboxylic acids is 1. The lowest BCUT2D eigenvalue weighted by atomic mass is 10.3. The molecule has 88 valence electrons. The lowest BCUT2D eigenvalue weighted by Crippen LogP contribution is -1.96. The molecule has 2 rings (SSSR count). The van der Waals surface area contributed by atoms with E-state index >= 15 is 0 Å². The number of rotatable bonds is 4. The van der Waals surface area contributed by atoms with Gasteiger partial charge in [-0.05, 0) is 35.2 Å². The first-order chi connectivity index (χ1) is 8.16. The molecule has 17 heavy (non-hydrogen) atoms. The number of aromatic hydroxyl groups is 1. The molecule has 1 heterocycles. The Balaban J connectivity index is 2.07. The smallest absolute Gasteiger partial charge is 0.346 e. The van der Waals surface area contributed by atoms with Crippen LogP contribution in [0.3, 0.4) is 0 Å². The van der Waals surface area contributed by atoms with Gasteiger partial charge in [-0.3, -0.25) is 0 Å². The van der Waals surface area contributed by atoms with E-state index in [1.54, 1.807) is 23.6 Å². The molecule has 0 fully saturated rings. The lowest BCUT2D eigenvalue weighted by Gasteiger charge is -2.02. The monoisotopic (exact) mass is 266 g/mol. The third kappa shape index (κ3) is 3.01. The first-order valence-electron chi connectivity index (χ1n) is 4.88. The van der Waals surface area contributed by atoms with Crippen LogP contribution in [0.4, 0.5) is 0 Å². The molecule has 1 aromatic carbocycles. The molecule has 0 aliphatic rings. The molecule has 0 saturated carbocycles. The fourth-order valence-electron chi connectivity index (χ4n) is 1.37. The first kappa shape index (κ1) is 12.0. The number of aromatic carboxylic acids is 1. The van der Waals surface area contributed by atoms with E-state index in [9.17, 15) is 9.90 Å². The number of hydrogen-bond acceptors (Lipinski definition) is 4. The number of phenols is 1. The van der Waals surface area contributed by atoms with Crippen LogP contribution >= 0.6 is 23.1 Å². The molecule has 2 N–H and O–H groups in total. The molecule has 0 unspecified atom stereocenters. The van der Waals surface area contributed by atoms with Crippen molar-refractivity contribution in [1.29, 1.82) is 0 Å². The zero-order chi connectivity index (χ0) is 12.3. The summed E-state index contributed by atoms with van der Waals surface area (Å²) in [4.78, 5) is 12.2. The van der Waals surface area contributed by atoms with Gasteiger partial charge >= 0.3 is 5.97 Å². The first-order valence-corrected chi connectivity index (χ1v) is 6.75. The molecule has 5 heteroatoms. The van der Waals surface area contributed by atoms with Gasteiger partial charge in [-0.15, -0.1) is 23.1 Å². The molecule has 3 nitrogen and oxygen atoms in total. The standard InChI is InChI=1S/C12H10O3S2/c13-9-2-1-3-10(6-9)17-7-8-4-5-16-11(8)12(14)15/h1-6,13H,7H2,(H,14,15). The predicted molar refractivity (Wildman–Crippen MR) is 68.9 cm³/mol. The topological polar surface area (TPSA) is 57.5 Å². The van der Waals surface area contributed by atoms with Crippen LogP contribution in [-0.4, -0.2) is 16.2 Å². The van der Waals surface area contributed by atoms with Crippen molar-refractivity contribution in [3.8, 4) is 5.75 Å². The summed E-state index contributed by atoms with van der Waals surface area (Å²) in [5, 5.41) is 20.0. The van der Waals surface area contributed by atoms with Crippen LogP contribution in [0.2, 0.25) is 0 Å². The van der Waals surface area contributed by atoms with E-state index in [1.165, 1.54) is 23.1 Å². The van der Waals surface area contributed by atoms with Crippen LogP contribution in [0.5, 0.6) is 5.75 Å². The highest BCUT2D eigenvalue weighted by molar-refractivity contribution is 7.98. The molecule has 0 amide bonds. The second-order valence-corrected chi connectivity index (χ2v) is 5.33. The summed E-state index contributed by atoms with van der Waals surface area (Å²) in [5.74, 6) is -0.0699. The summed E-state index contributed by atoms with van der Waals surface area (Å²) in [6.07, 6.45) is 0. The maximum atomic E-state index is 10.9. The second kappa shape index (κ2) is 5.25. The molecule has 0 aliphatic heterocycles. The van der Waals surface area contributed by atoms with Crippen LogP contribution < -0.4 is 0 Å². The predicted octanol–water partition coefficient (Wildman–Crippen LogP) is 3.44. The summed E-state index contributed by atoms with van der Waals surface area (Å²) >= 11 is 2.74. The van der Waals surface area contributed by atoms with Crippen molar-refractivity contribution in [1.82, 2.24) is 0 Å². The van der Waals surface area contributed by atoms with Crippen LogP contribution in [0.15, 0.2) is 40.6 Å². The quantitative estimate of drug-likeness (QED) is 0.832. The van der Waals surface area contributed by atoms with Gasteiger partial charge in [-0.25, -0.2) is 4.79 Å². The maximum Gasteiger partial charge on any atom is 0.346 e. The van der Waals surface area contributed by atoms with Crippen molar-refractivity contribution in [2.45, 2.75) is 10.6 Å². The Bertz CT molecular complexity index is 534. The third-order valence-electron chi connectivity index (χ3n) is 2.15. The largest absolute Gasteiger partial charge is 0.508 e. The van der Waals surface area contributed by atoms with Gasteiger partial charge in [0, 0.05) is 10.6 Å². The van der Waals surface area contributed by atoms with Crippen LogP contribution in [0.1, 0.15) is 15.2 Å². The maximum absolute atomic E-state index is 10.9. The SMILES string of the molecule is O=C(O)c1sccc1CSc1cccc(O)c1. The zero-order valence-corrected chi connectivity index (χ0v) is 10.4. The van der Waals surface area contributed by atoms with Crippen molar-refractivity contribution in [2.75, 3.05) is 0 Å². The zero-order valence-electron chi connectivity index (χ0n) is 8.79. The highest BCUT2D eigenvalue weighted by atomic mass is 32.2. The number of phenolic OH excluding ortho intramolecular Hbond substituents is 1. The number of carbonyl (C=O) groups is 1. The summed E-state index contributed by atoms with van der Waals surface area (Å²) in [6, 6.07) is 8.75. The van der Waals surface area contributed by atoms with Gasteiger partial charge in [0.15, 0.2) is 0 Å². The average Bonchev–Trinajstić information content (AvgIpc) is 2.74. The summed E-state index contributed by atoms with van der Waals surface area (Å²) in [6.45, 7) is 0. The number of carboxylic acid groups (broad SMARTS) is 1. The molecular weight excluding hydrogens is 256 g/mol. The summed E-state index contributed by atoms with van der Waals surface area (Å²) < 4.78 is 0. The molecule has 0 radical (unpaired) electrons. The van der Waals surface area contributed by atoms with E-state index < -0.39 is 5.97 Å². The third-order valence-corrected chi connectivity index (χ3v) is 4.14. The summed E-state index contributed by atoms with van der Waals surface area (Å²) in [5.41, 5.74) is 0.816. The molecule has 2 aromatic rings. The van der Waals surface area contributed by atoms with Crippen molar-refractivity contribution >= 4 is 29.1 Å². The Morgan fingerprint density at radius 2 is 2.18 bits per heavy atom. The Labute approximate surface area is 107 Å². The van der Waals surface area contributed by atoms with Crippen LogP contribution in [0, 0.1) is 0 Å². The Kier molecular flexibility index (Phi) is 3.71.